The molecule has 2 aliphatic heterocycles. The molecule has 6 nitrogen and oxygen atoms in total. The summed E-state index contributed by atoms with van der Waals surface area (Å²) in [6, 6.07) is 14.0. The van der Waals surface area contributed by atoms with Crippen molar-refractivity contribution in [1.29, 1.82) is 0 Å². The minimum absolute atomic E-state index is 0.0163. The first-order valence-corrected chi connectivity index (χ1v) is 11.4. The molecule has 2 aromatic rings. The molecule has 0 aliphatic carbocycles. The summed E-state index contributed by atoms with van der Waals surface area (Å²) >= 11 is 11.8. The number of carbonyl (C=O) groups is 2. The molecule has 2 heterocycles. The van der Waals surface area contributed by atoms with Gasteiger partial charge in [-0.1, -0.05) is 35.3 Å². The van der Waals surface area contributed by atoms with E-state index < -0.39 is 6.10 Å². The smallest absolute Gasteiger partial charge is 0.253 e. The molecule has 0 saturated carbocycles. The highest BCUT2D eigenvalue weighted by molar-refractivity contribution is 6.30. The number of likely N-dealkylation sites (tertiary alicyclic amines) is 1. The van der Waals surface area contributed by atoms with Crippen LogP contribution in [0.3, 0.4) is 0 Å². The first-order chi connectivity index (χ1) is 15.4. The van der Waals surface area contributed by atoms with Crippen molar-refractivity contribution in [2.24, 2.45) is 0 Å². The van der Waals surface area contributed by atoms with Crippen LogP contribution in [-0.4, -0.2) is 83.0 Å². The SMILES string of the molecule is O=C(/C=C/c1ccc(Cl)cc1)N1C[C@@H](O)[C@H](N2CCN(C(=O)c3ccc(Cl)cc3)CC2)C1. The fourth-order valence-electron chi connectivity index (χ4n) is 4.19. The van der Waals surface area contributed by atoms with E-state index in [2.05, 4.69) is 4.90 Å². The van der Waals surface area contributed by atoms with Gasteiger partial charge in [0.05, 0.1) is 12.1 Å². The van der Waals surface area contributed by atoms with E-state index in [1.165, 1.54) is 6.08 Å². The van der Waals surface area contributed by atoms with E-state index >= 15 is 0 Å². The van der Waals surface area contributed by atoms with Crippen molar-refractivity contribution in [2.45, 2.75) is 12.1 Å². The van der Waals surface area contributed by atoms with Crippen LogP contribution in [0.4, 0.5) is 0 Å². The van der Waals surface area contributed by atoms with Crippen molar-refractivity contribution in [3.63, 3.8) is 0 Å². The highest BCUT2D eigenvalue weighted by Gasteiger charge is 2.38. The molecule has 32 heavy (non-hydrogen) atoms. The lowest BCUT2D eigenvalue weighted by molar-refractivity contribution is -0.125. The standard InChI is InChI=1S/C24H25Cl2N3O3/c25-19-6-1-17(2-7-19)3-10-23(31)29-15-21(22(30)16-29)27-11-13-28(14-12-27)24(32)18-4-8-20(26)9-5-18/h1-10,21-22,30H,11-16H2/b10-3+/t21-,22-/m1/s1. The molecule has 0 radical (unpaired) electrons. The van der Waals surface area contributed by atoms with Crippen molar-refractivity contribution < 1.29 is 14.7 Å². The molecule has 0 bridgehead atoms. The summed E-state index contributed by atoms with van der Waals surface area (Å²) in [6.07, 6.45) is 2.67. The van der Waals surface area contributed by atoms with Crippen LogP contribution < -0.4 is 0 Å². The topological polar surface area (TPSA) is 64.1 Å². The third-order valence-corrected chi connectivity index (χ3v) is 6.52. The average Bonchev–Trinajstić information content (AvgIpc) is 3.20. The predicted octanol–water partition coefficient (Wildman–Crippen LogP) is 3.04. The van der Waals surface area contributed by atoms with Gasteiger partial charge in [-0.2, -0.15) is 0 Å². The average molecular weight is 474 g/mol. The van der Waals surface area contributed by atoms with Crippen molar-refractivity contribution in [3.8, 4) is 0 Å². The summed E-state index contributed by atoms with van der Waals surface area (Å²) in [7, 11) is 0. The molecule has 2 saturated heterocycles. The minimum Gasteiger partial charge on any atom is -0.390 e. The van der Waals surface area contributed by atoms with Crippen LogP contribution in [0.25, 0.3) is 6.08 Å². The Morgan fingerprint density at radius 1 is 0.844 bits per heavy atom. The van der Waals surface area contributed by atoms with Crippen LogP contribution in [0.5, 0.6) is 0 Å². The van der Waals surface area contributed by atoms with Gasteiger partial charge >= 0.3 is 0 Å². The molecule has 2 aliphatic rings. The summed E-state index contributed by atoms with van der Waals surface area (Å²) in [6.45, 7) is 3.24. The van der Waals surface area contributed by atoms with Gasteiger partial charge in [0.2, 0.25) is 5.91 Å². The quantitative estimate of drug-likeness (QED) is 0.693. The molecule has 2 fully saturated rings. The minimum atomic E-state index is -0.610. The maximum Gasteiger partial charge on any atom is 0.253 e. The van der Waals surface area contributed by atoms with Gasteiger partial charge in [-0.25, -0.2) is 0 Å². The van der Waals surface area contributed by atoms with Gasteiger partial charge in [-0.3, -0.25) is 14.5 Å². The molecule has 0 unspecified atom stereocenters. The Bertz CT molecular complexity index is 987. The zero-order valence-electron chi connectivity index (χ0n) is 17.5. The second-order valence-corrected chi connectivity index (χ2v) is 8.97. The number of rotatable bonds is 4. The van der Waals surface area contributed by atoms with Crippen LogP contribution in [0.1, 0.15) is 15.9 Å². The molecule has 4 rings (SSSR count). The fraction of sp³-hybridized carbons (Fsp3) is 0.333. The Labute approximate surface area is 197 Å². The summed E-state index contributed by atoms with van der Waals surface area (Å²) in [5.74, 6) is -0.143. The summed E-state index contributed by atoms with van der Waals surface area (Å²) in [4.78, 5) is 31.0. The van der Waals surface area contributed by atoms with Gasteiger partial charge in [-0.15, -0.1) is 0 Å². The molecule has 1 N–H and O–H groups in total. The Morgan fingerprint density at radius 3 is 2.06 bits per heavy atom. The number of halogens is 2. The van der Waals surface area contributed by atoms with Crippen LogP contribution in [0.2, 0.25) is 10.0 Å². The first kappa shape index (κ1) is 22.8. The van der Waals surface area contributed by atoms with Crippen molar-refractivity contribution >= 4 is 41.1 Å². The number of piperazine rings is 1. The number of hydrogen-bond acceptors (Lipinski definition) is 4. The highest BCUT2D eigenvalue weighted by atomic mass is 35.5. The second kappa shape index (κ2) is 10.0. The van der Waals surface area contributed by atoms with Gasteiger partial charge in [0.15, 0.2) is 0 Å². The summed E-state index contributed by atoms with van der Waals surface area (Å²) in [5, 5.41) is 11.8. The maximum absolute atomic E-state index is 12.7. The third kappa shape index (κ3) is 5.33. The molecule has 2 amide bonds. The van der Waals surface area contributed by atoms with Gasteiger partial charge in [0, 0.05) is 61.0 Å². The second-order valence-electron chi connectivity index (χ2n) is 8.10. The first-order valence-electron chi connectivity index (χ1n) is 10.6. The van der Waals surface area contributed by atoms with E-state index in [-0.39, 0.29) is 17.9 Å². The highest BCUT2D eigenvalue weighted by Crippen LogP contribution is 2.20. The lowest BCUT2D eigenvalue weighted by Crippen LogP contribution is -2.54. The Morgan fingerprint density at radius 2 is 1.44 bits per heavy atom. The van der Waals surface area contributed by atoms with E-state index in [0.717, 1.165) is 5.56 Å². The lowest BCUT2D eigenvalue weighted by atomic mass is 10.1. The number of carbonyl (C=O) groups excluding carboxylic acids is 2. The Balaban J connectivity index is 1.30. The maximum atomic E-state index is 12.7. The van der Waals surface area contributed by atoms with Crippen molar-refractivity contribution in [3.05, 3.63) is 75.8 Å². The van der Waals surface area contributed by atoms with E-state index in [4.69, 9.17) is 23.2 Å². The molecule has 0 spiro atoms. The largest absolute Gasteiger partial charge is 0.390 e. The zero-order valence-corrected chi connectivity index (χ0v) is 19.0. The lowest BCUT2D eigenvalue weighted by Gasteiger charge is -2.38. The van der Waals surface area contributed by atoms with Gasteiger partial charge in [-0.05, 0) is 48.0 Å². The van der Waals surface area contributed by atoms with Gasteiger partial charge < -0.3 is 14.9 Å². The molecule has 168 valence electrons. The van der Waals surface area contributed by atoms with Crippen LogP contribution in [-0.2, 0) is 4.79 Å². The number of aliphatic hydroxyl groups is 1. The molecular formula is C24H25Cl2N3O3. The number of β-amino-alcohol motifs (C(OH)–C–C–N with tert-alkyl or cyclic N) is 1. The number of nitrogens with zero attached hydrogens (tertiary/aromatic N) is 3. The molecule has 2 aromatic carbocycles. The molecule has 8 heteroatoms. The van der Waals surface area contributed by atoms with Gasteiger partial charge in [0.25, 0.3) is 5.91 Å². The Kier molecular flexibility index (Phi) is 7.16. The number of hydrogen-bond donors (Lipinski definition) is 1. The van der Waals surface area contributed by atoms with E-state index in [0.29, 0.717) is 54.9 Å². The van der Waals surface area contributed by atoms with E-state index in [1.807, 2.05) is 17.0 Å². The van der Waals surface area contributed by atoms with Gasteiger partial charge in [0.1, 0.15) is 0 Å². The third-order valence-electron chi connectivity index (χ3n) is 6.02. The van der Waals surface area contributed by atoms with Crippen LogP contribution in [0.15, 0.2) is 54.6 Å². The van der Waals surface area contributed by atoms with Crippen LogP contribution in [0, 0.1) is 0 Å². The number of aliphatic hydroxyl groups excluding tert-OH is 1. The molecule has 0 aromatic heterocycles. The predicted molar refractivity (Wildman–Crippen MR) is 126 cm³/mol. The van der Waals surface area contributed by atoms with Crippen molar-refractivity contribution in [2.75, 3.05) is 39.3 Å². The van der Waals surface area contributed by atoms with Crippen LogP contribution >= 0.6 is 23.2 Å². The normalized spacial score (nSPS) is 22.0. The number of benzene rings is 2. The molecule has 2 atom stereocenters. The van der Waals surface area contributed by atoms with E-state index in [9.17, 15) is 14.7 Å². The van der Waals surface area contributed by atoms with E-state index in [1.54, 1.807) is 47.4 Å². The Hall–Kier alpha value is -2.38. The monoisotopic (exact) mass is 473 g/mol. The fourth-order valence-corrected chi connectivity index (χ4v) is 4.44. The zero-order chi connectivity index (χ0) is 22.7. The van der Waals surface area contributed by atoms with Crippen molar-refractivity contribution in [1.82, 2.24) is 14.7 Å². The molecular weight excluding hydrogens is 449 g/mol. The summed E-state index contributed by atoms with van der Waals surface area (Å²) in [5.41, 5.74) is 1.51. The number of amides is 2. The summed E-state index contributed by atoms with van der Waals surface area (Å²) < 4.78 is 0.